The maximum Gasteiger partial charge on any atom is 0.246 e. The molecule has 0 fully saturated rings. The summed E-state index contributed by atoms with van der Waals surface area (Å²) in [5.74, 6) is 1.67. The number of nitrogens with one attached hydrogen (secondary N) is 1. The van der Waals surface area contributed by atoms with Gasteiger partial charge in [0.1, 0.15) is 18.2 Å². The Morgan fingerprint density at radius 2 is 1.97 bits per heavy atom. The highest BCUT2D eigenvalue weighted by Gasteiger charge is 2.11. The smallest absolute Gasteiger partial charge is 0.246 e. The van der Waals surface area contributed by atoms with Gasteiger partial charge in [-0.05, 0) is 56.0 Å². The first-order chi connectivity index (χ1) is 14.1. The topological polar surface area (TPSA) is 65.4 Å². The number of unbranched alkanes of at least 4 members (excludes halogenated alkanes) is 1. The van der Waals surface area contributed by atoms with Crippen LogP contribution >= 0.6 is 0 Å². The van der Waals surface area contributed by atoms with Gasteiger partial charge in [0.15, 0.2) is 0 Å². The number of benzene rings is 2. The number of fused-ring (bicyclic) bond motifs is 1. The molecule has 1 N–H and O–H groups in total. The summed E-state index contributed by atoms with van der Waals surface area (Å²) in [6, 6.07) is 14.3. The molecule has 0 spiro atoms. The Kier molecular flexibility index (Phi) is 7.25. The Morgan fingerprint density at radius 1 is 1.14 bits per heavy atom. The highest BCUT2D eigenvalue weighted by atomic mass is 16.5. The van der Waals surface area contributed by atoms with Crippen LogP contribution in [0.5, 0.6) is 5.75 Å². The molecule has 6 nitrogen and oxygen atoms in total. The van der Waals surface area contributed by atoms with Gasteiger partial charge >= 0.3 is 0 Å². The van der Waals surface area contributed by atoms with Crippen molar-refractivity contribution < 1.29 is 14.3 Å². The molecule has 1 aromatic heterocycles. The molecule has 29 heavy (non-hydrogen) atoms. The van der Waals surface area contributed by atoms with Crippen molar-refractivity contribution in [2.24, 2.45) is 0 Å². The quantitative estimate of drug-likeness (QED) is 0.531. The summed E-state index contributed by atoms with van der Waals surface area (Å²) in [5, 5.41) is 2.86. The van der Waals surface area contributed by atoms with Crippen LogP contribution in [0.4, 0.5) is 0 Å². The number of hydrogen-bond acceptors (Lipinski definition) is 4. The molecule has 1 amide bonds. The third-order valence-corrected chi connectivity index (χ3v) is 4.83. The molecule has 0 radical (unpaired) electrons. The predicted molar refractivity (Wildman–Crippen MR) is 114 cm³/mol. The van der Waals surface area contributed by atoms with Gasteiger partial charge in [0.2, 0.25) is 5.91 Å². The first-order valence-electron chi connectivity index (χ1n) is 9.98. The number of rotatable bonds is 10. The molecule has 0 aliphatic heterocycles. The molecule has 0 atom stereocenters. The zero-order valence-corrected chi connectivity index (χ0v) is 17.4. The maximum absolute atomic E-state index is 11.7. The number of hydrogen-bond donors (Lipinski definition) is 1. The average Bonchev–Trinajstić information content (AvgIpc) is 3.06. The van der Waals surface area contributed by atoms with E-state index in [9.17, 15) is 4.79 Å². The van der Waals surface area contributed by atoms with Crippen LogP contribution in [0.3, 0.4) is 0 Å². The molecular weight excluding hydrogens is 366 g/mol. The van der Waals surface area contributed by atoms with Crippen molar-refractivity contribution in [1.29, 1.82) is 0 Å². The monoisotopic (exact) mass is 395 g/mol. The lowest BCUT2D eigenvalue weighted by Gasteiger charge is -2.12. The number of amides is 1. The number of aryl methyl sites for hydroxylation is 3. The Balaban J connectivity index is 1.59. The summed E-state index contributed by atoms with van der Waals surface area (Å²) in [6.45, 7) is 6.08. The predicted octanol–water partition coefficient (Wildman–Crippen LogP) is 3.77. The van der Waals surface area contributed by atoms with Gasteiger partial charge in [0, 0.05) is 13.7 Å². The highest BCUT2D eigenvalue weighted by molar-refractivity contribution is 5.78. The van der Waals surface area contributed by atoms with E-state index in [0.717, 1.165) is 47.6 Å². The molecule has 0 unspecified atom stereocenters. The highest BCUT2D eigenvalue weighted by Crippen LogP contribution is 2.20. The third kappa shape index (κ3) is 5.57. The lowest BCUT2D eigenvalue weighted by molar-refractivity contribution is -0.124. The molecule has 0 aliphatic carbocycles. The molecule has 0 bridgehead atoms. The Hall–Kier alpha value is -2.86. The second-order valence-electron chi connectivity index (χ2n) is 7.20. The summed E-state index contributed by atoms with van der Waals surface area (Å²) < 4.78 is 13.0. The van der Waals surface area contributed by atoms with E-state index in [1.54, 1.807) is 0 Å². The van der Waals surface area contributed by atoms with Crippen molar-refractivity contribution in [2.75, 3.05) is 20.3 Å². The van der Waals surface area contributed by atoms with Crippen molar-refractivity contribution in [1.82, 2.24) is 14.9 Å². The number of aromatic nitrogens is 2. The van der Waals surface area contributed by atoms with Crippen LogP contribution in [-0.2, 0) is 22.6 Å². The van der Waals surface area contributed by atoms with E-state index < -0.39 is 0 Å². The van der Waals surface area contributed by atoms with Crippen LogP contribution in [0.1, 0.15) is 29.8 Å². The second kappa shape index (κ2) is 10.1. The summed E-state index contributed by atoms with van der Waals surface area (Å²) in [6.07, 6.45) is 1.90. The molecule has 2 aromatic carbocycles. The standard InChI is InChI=1S/C23H29N3O3/c1-17-10-11-18(2)21(14-17)29-13-7-6-12-26-20-9-5-4-8-19(20)25-22(26)15-24-23(27)16-28-3/h4-5,8-11,14H,6-7,12-13,15-16H2,1-3H3,(H,24,27). The van der Waals surface area contributed by atoms with Crippen molar-refractivity contribution in [2.45, 2.75) is 39.8 Å². The van der Waals surface area contributed by atoms with Gasteiger partial charge in [-0.2, -0.15) is 0 Å². The van der Waals surface area contributed by atoms with Crippen molar-refractivity contribution in [3.05, 3.63) is 59.4 Å². The van der Waals surface area contributed by atoms with Gasteiger partial charge in [-0.3, -0.25) is 4.79 Å². The summed E-state index contributed by atoms with van der Waals surface area (Å²) in [5.41, 5.74) is 4.38. The van der Waals surface area contributed by atoms with Crippen molar-refractivity contribution in [3.63, 3.8) is 0 Å². The van der Waals surface area contributed by atoms with Crippen LogP contribution in [0.25, 0.3) is 11.0 Å². The molecule has 3 rings (SSSR count). The minimum absolute atomic E-state index is 0.0515. The summed E-state index contributed by atoms with van der Waals surface area (Å²) in [7, 11) is 1.51. The van der Waals surface area contributed by atoms with E-state index in [-0.39, 0.29) is 12.5 Å². The van der Waals surface area contributed by atoms with Gasteiger partial charge in [-0.15, -0.1) is 0 Å². The van der Waals surface area contributed by atoms with E-state index in [0.29, 0.717) is 13.2 Å². The number of methoxy groups -OCH3 is 1. The Bertz CT molecular complexity index is 965. The first-order valence-corrected chi connectivity index (χ1v) is 9.98. The fourth-order valence-corrected chi connectivity index (χ4v) is 3.29. The van der Waals surface area contributed by atoms with Crippen molar-refractivity contribution in [3.8, 4) is 5.75 Å². The number of carbonyl (C=O) groups excluding carboxylic acids is 1. The maximum atomic E-state index is 11.7. The average molecular weight is 396 g/mol. The van der Waals surface area contributed by atoms with Crippen LogP contribution < -0.4 is 10.1 Å². The molecule has 0 saturated heterocycles. The Labute approximate surface area is 171 Å². The molecule has 3 aromatic rings. The fraction of sp³-hybridized carbons (Fsp3) is 0.391. The molecule has 1 heterocycles. The second-order valence-corrected chi connectivity index (χ2v) is 7.20. The van der Waals surface area contributed by atoms with Crippen LogP contribution in [0.2, 0.25) is 0 Å². The van der Waals surface area contributed by atoms with Crippen LogP contribution in [0.15, 0.2) is 42.5 Å². The normalized spacial score (nSPS) is 11.0. The van der Waals surface area contributed by atoms with Gasteiger partial charge in [0.25, 0.3) is 0 Å². The van der Waals surface area contributed by atoms with E-state index in [1.807, 2.05) is 18.2 Å². The number of nitrogens with zero attached hydrogens (tertiary/aromatic N) is 2. The molecular formula is C23H29N3O3. The number of para-hydroxylation sites is 2. The SMILES string of the molecule is COCC(=O)NCc1nc2ccccc2n1CCCCOc1cc(C)ccc1C. The first kappa shape index (κ1) is 20.9. The summed E-state index contributed by atoms with van der Waals surface area (Å²) >= 11 is 0. The number of carbonyl (C=O) groups is 1. The minimum atomic E-state index is -0.145. The van der Waals surface area contributed by atoms with Gasteiger partial charge in [-0.25, -0.2) is 4.98 Å². The van der Waals surface area contributed by atoms with Gasteiger partial charge in [-0.1, -0.05) is 24.3 Å². The molecule has 154 valence electrons. The Morgan fingerprint density at radius 3 is 2.79 bits per heavy atom. The molecule has 0 saturated carbocycles. The lowest BCUT2D eigenvalue weighted by Crippen LogP contribution is -2.28. The number of ether oxygens (including phenoxy) is 2. The van der Waals surface area contributed by atoms with Gasteiger partial charge in [0.05, 0.1) is 24.2 Å². The largest absolute Gasteiger partial charge is 0.493 e. The lowest BCUT2D eigenvalue weighted by atomic mass is 10.1. The third-order valence-electron chi connectivity index (χ3n) is 4.83. The fourth-order valence-electron chi connectivity index (χ4n) is 3.29. The summed E-state index contributed by atoms with van der Waals surface area (Å²) in [4.78, 5) is 16.4. The van der Waals surface area contributed by atoms with Crippen LogP contribution in [-0.4, -0.2) is 35.8 Å². The minimum Gasteiger partial charge on any atom is -0.493 e. The van der Waals surface area contributed by atoms with E-state index in [4.69, 9.17) is 9.47 Å². The zero-order valence-electron chi connectivity index (χ0n) is 17.4. The van der Waals surface area contributed by atoms with E-state index >= 15 is 0 Å². The van der Waals surface area contributed by atoms with Crippen molar-refractivity contribution >= 4 is 16.9 Å². The molecule has 6 heteroatoms. The van der Waals surface area contributed by atoms with Crippen LogP contribution in [0, 0.1) is 13.8 Å². The van der Waals surface area contributed by atoms with E-state index in [2.05, 4.69) is 53.0 Å². The van der Waals surface area contributed by atoms with Gasteiger partial charge < -0.3 is 19.4 Å². The number of imidazole rings is 1. The van der Waals surface area contributed by atoms with E-state index in [1.165, 1.54) is 12.7 Å². The zero-order chi connectivity index (χ0) is 20.6. The molecule has 0 aliphatic rings.